The van der Waals surface area contributed by atoms with Crippen LogP contribution < -0.4 is 4.74 Å². The van der Waals surface area contributed by atoms with Crippen molar-refractivity contribution in [1.82, 2.24) is 9.88 Å². The van der Waals surface area contributed by atoms with Crippen LogP contribution in [0.2, 0.25) is 5.02 Å². The van der Waals surface area contributed by atoms with Crippen molar-refractivity contribution in [3.63, 3.8) is 0 Å². The van der Waals surface area contributed by atoms with Crippen molar-refractivity contribution in [2.45, 2.75) is 12.5 Å². The first kappa shape index (κ1) is 26.1. The van der Waals surface area contributed by atoms with Crippen LogP contribution >= 0.6 is 11.6 Å². The van der Waals surface area contributed by atoms with E-state index >= 15 is 0 Å². The van der Waals surface area contributed by atoms with Gasteiger partial charge in [-0.05, 0) is 72.1 Å². The molecule has 1 atom stereocenters. The van der Waals surface area contributed by atoms with Crippen molar-refractivity contribution in [2.24, 2.45) is 0 Å². The van der Waals surface area contributed by atoms with Gasteiger partial charge < -0.3 is 24.5 Å². The number of carbonyl (C=O) groups is 3. The van der Waals surface area contributed by atoms with E-state index in [1.807, 2.05) is 24.4 Å². The molecule has 0 spiro atoms. The Morgan fingerprint density at radius 2 is 1.69 bits per heavy atom. The molecule has 0 radical (unpaired) electrons. The molecule has 1 unspecified atom stereocenters. The third kappa shape index (κ3) is 4.86. The van der Waals surface area contributed by atoms with Crippen LogP contribution in [0.1, 0.15) is 33.1 Å². The number of H-pyrrole nitrogens is 1. The molecule has 0 bridgehead atoms. The molecule has 2 heterocycles. The second-order valence-corrected chi connectivity index (χ2v) is 9.52. The van der Waals surface area contributed by atoms with Gasteiger partial charge in [0, 0.05) is 34.2 Å². The Hall–Kier alpha value is -4.56. The predicted octanol–water partition coefficient (Wildman–Crippen LogP) is 5.28. The minimum atomic E-state index is -0.868. The van der Waals surface area contributed by atoms with Gasteiger partial charge in [0.25, 0.3) is 11.7 Å². The lowest BCUT2D eigenvalue weighted by atomic mass is 9.94. The number of nitrogens with zero attached hydrogens (tertiary/aromatic N) is 1. The maximum Gasteiger partial charge on any atom is 0.337 e. The summed E-state index contributed by atoms with van der Waals surface area (Å²) in [5.74, 6) is -1.61. The number of hydrogen-bond donors (Lipinski definition) is 2. The van der Waals surface area contributed by atoms with Crippen LogP contribution in [-0.4, -0.2) is 53.4 Å². The smallest absolute Gasteiger partial charge is 0.337 e. The van der Waals surface area contributed by atoms with Crippen molar-refractivity contribution in [1.29, 1.82) is 0 Å². The molecule has 3 aromatic carbocycles. The second-order valence-electron chi connectivity index (χ2n) is 9.09. The van der Waals surface area contributed by atoms with Gasteiger partial charge in [0.05, 0.1) is 31.4 Å². The van der Waals surface area contributed by atoms with Crippen molar-refractivity contribution in [3.05, 3.63) is 106 Å². The minimum absolute atomic E-state index is 0.0336. The molecule has 1 fully saturated rings. The third-order valence-electron chi connectivity index (χ3n) is 6.90. The number of carbonyl (C=O) groups excluding carboxylic acids is 3. The summed E-state index contributed by atoms with van der Waals surface area (Å²) in [4.78, 5) is 43.3. The third-order valence-corrected chi connectivity index (χ3v) is 7.15. The van der Waals surface area contributed by atoms with Crippen LogP contribution in [0.5, 0.6) is 5.75 Å². The summed E-state index contributed by atoms with van der Waals surface area (Å²) in [7, 11) is 2.89. The predicted molar refractivity (Wildman–Crippen MR) is 147 cm³/mol. The highest BCUT2D eigenvalue weighted by atomic mass is 35.5. The van der Waals surface area contributed by atoms with E-state index in [-0.39, 0.29) is 17.9 Å². The van der Waals surface area contributed by atoms with E-state index in [4.69, 9.17) is 21.1 Å². The summed E-state index contributed by atoms with van der Waals surface area (Å²) in [5, 5.41) is 12.6. The number of ketones is 1. The van der Waals surface area contributed by atoms with E-state index in [0.29, 0.717) is 33.9 Å². The highest BCUT2D eigenvalue weighted by Gasteiger charge is 2.46. The van der Waals surface area contributed by atoms with Crippen molar-refractivity contribution in [2.75, 3.05) is 20.8 Å². The SMILES string of the molecule is COC(=O)c1ccc(C2/C(=C(/O)c3ccc(Cl)cc3)C(=O)C(=O)N2CCc2c[nH]c3ccc(OC)cc23)cc1. The van der Waals surface area contributed by atoms with Gasteiger partial charge in [0.2, 0.25) is 0 Å². The first-order valence-electron chi connectivity index (χ1n) is 12.2. The Balaban J connectivity index is 1.55. The van der Waals surface area contributed by atoms with Crippen LogP contribution in [0.4, 0.5) is 0 Å². The molecule has 4 aromatic rings. The molecule has 8 nitrogen and oxygen atoms in total. The Bertz CT molecular complexity index is 1600. The Labute approximate surface area is 229 Å². The van der Waals surface area contributed by atoms with Gasteiger partial charge in [-0.2, -0.15) is 0 Å². The first-order chi connectivity index (χ1) is 18.8. The van der Waals surface area contributed by atoms with Crippen molar-refractivity contribution < 1.29 is 29.0 Å². The number of Topliss-reactive ketones (excluding diaryl/α,β-unsaturated/α-hetero) is 1. The van der Waals surface area contributed by atoms with Crippen molar-refractivity contribution in [3.8, 4) is 5.75 Å². The Kier molecular flexibility index (Phi) is 7.13. The molecule has 1 aromatic heterocycles. The number of aromatic amines is 1. The zero-order valence-electron chi connectivity index (χ0n) is 21.2. The number of halogens is 1. The standard InChI is InChI=1S/C30H25ClN2O6/c1-38-22-11-12-24-23(15-22)20(16-32-24)13-14-33-26(17-3-5-19(6-4-17)30(37)39-2)25(28(35)29(33)36)27(34)18-7-9-21(31)10-8-18/h3-12,15-16,26,32,34H,13-14H2,1-2H3/b27-25-. The summed E-state index contributed by atoms with van der Waals surface area (Å²) < 4.78 is 10.1. The lowest BCUT2D eigenvalue weighted by Crippen LogP contribution is -2.31. The number of rotatable bonds is 7. The van der Waals surface area contributed by atoms with E-state index in [2.05, 4.69) is 4.98 Å². The number of esters is 1. The van der Waals surface area contributed by atoms with E-state index in [0.717, 1.165) is 16.5 Å². The number of ether oxygens (including phenoxy) is 2. The highest BCUT2D eigenvalue weighted by Crippen LogP contribution is 2.40. The largest absolute Gasteiger partial charge is 0.507 e. The fourth-order valence-corrected chi connectivity index (χ4v) is 5.00. The van der Waals surface area contributed by atoms with Gasteiger partial charge in [0.15, 0.2) is 0 Å². The average Bonchev–Trinajstić information content (AvgIpc) is 3.48. The van der Waals surface area contributed by atoms with Gasteiger partial charge in [-0.15, -0.1) is 0 Å². The minimum Gasteiger partial charge on any atom is -0.507 e. The summed E-state index contributed by atoms with van der Waals surface area (Å²) in [6.45, 7) is 0.204. The molecular formula is C30H25ClN2O6. The highest BCUT2D eigenvalue weighted by molar-refractivity contribution is 6.46. The Morgan fingerprint density at radius 3 is 2.36 bits per heavy atom. The molecule has 1 amide bonds. The van der Waals surface area contributed by atoms with E-state index in [9.17, 15) is 19.5 Å². The molecule has 5 rings (SSSR count). The number of fused-ring (bicyclic) bond motifs is 1. The van der Waals surface area contributed by atoms with Crippen LogP contribution in [0.25, 0.3) is 16.7 Å². The van der Waals surface area contributed by atoms with Gasteiger partial charge in [-0.1, -0.05) is 23.7 Å². The summed E-state index contributed by atoms with van der Waals surface area (Å²) in [6.07, 6.45) is 2.31. The zero-order valence-corrected chi connectivity index (χ0v) is 22.0. The number of aliphatic hydroxyl groups excluding tert-OH is 1. The quantitative estimate of drug-likeness (QED) is 0.142. The molecule has 0 aliphatic carbocycles. The summed E-state index contributed by atoms with van der Waals surface area (Å²) >= 11 is 6.00. The number of methoxy groups -OCH3 is 2. The molecule has 39 heavy (non-hydrogen) atoms. The van der Waals surface area contributed by atoms with E-state index in [1.165, 1.54) is 12.0 Å². The monoisotopic (exact) mass is 544 g/mol. The fraction of sp³-hybridized carbons (Fsp3) is 0.167. The summed E-state index contributed by atoms with van der Waals surface area (Å²) in [6, 6.07) is 17.6. The lowest BCUT2D eigenvalue weighted by Gasteiger charge is -2.25. The van der Waals surface area contributed by atoms with Gasteiger partial charge >= 0.3 is 5.97 Å². The number of aromatic nitrogens is 1. The summed E-state index contributed by atoms with van der Waals surface area (Å²) in [5.41, 5.74) is 3.08. The number of benzene rings is 3. The topological polar surface area (TPSA) is 109 Å². The normalized spacial score (nSPS) is 16.6. The molecule has 2 N–H and O–H groups in total. The first-order valence-corrected chi connectivity index (χ1v) is 12.6. The molecule has 1 aliphatic heterocycles. The van der Waals surface area contributed by atoms with Crippen LogP contribution in [0, 0.1) is 0 Å². The van der Waals surface area contributed by atoms with Gasteiger partial charge in [-0.3, -0.25) is 9.59 Å². The molecule has 9 heteroatoms. The van der Waals surface area contributed by atoms with Crippen LogP contribution in [-0.2, 0) is 20.7 Å². The molecular weight excluding hydrogens is 520 g/mol. The average molecular weight is 545 g/mol. The molecule has 198 valence electrons. The van der Waals surface area contributed by atoms with Crippen molar-refractivity contribution >= 4 is 45.9 Å². The van der Waals surface area contributed by atoms with Gasteiger partial charge in [-0.25, -0.2) is 4.79 Å². The zero-order chi connectivity index (χ0) is 27.7. The number of nitrogens with one attached hydrogen (secondary N) is 1. The maximum absolute atomic E-state index is 13.3. The van der Waals surface area contributed by atoms with E-state index < -0.39 is 23.7 Å². The Morgan fingerprint density at radius 1 is 1.00 bits per heavy atom. The fourth-order valence-electron chi connectivity index (χ4n) is 4.87. The molecule has 0 saturated carbocycles. The van der Waals surface area contributed by atoms with Gasteiger partial charge in [0.1, 0.15) is 11.5 Å². The van der Waals surface area contributed by atoms with E-state index in [1.54, 1.807) is 55.6 Å². The number of hydrogen-bond acceptors (Lipinski definition) is 6. The number of aliphatic hydroxyl groups is 1. The second kappa shape index (κ2) is 10.7. The molecule has 1 aliphatic rings. The lowest BCUT2D eigenvalue weighted by molar-refractivity contribution is -0.139. The number of amides is 1. The number of likely N-dealkylation sites (tertiary alicyclic amines) is 1. The van der Waals surface area contributed by atoms with Crippen LogP contribution in [0.3, 0.4) is 0 Å². The molecule has 1 saturated heterocycles. The maximum atomic E-state index is 13.3. The van der Waals surface area contributed by atoms with Crippen LogP contribution in [0.15, 0.2) is 78.5 Å².